The number of benzene rings is 4. The summed E-state index contributed by atoms with van der Waals surface area (Å²) < 4.78 is 4.07. The number of allylic oxidation sites excluding steroid dienone is 4. The second-order valence-corrected chi connectivity index (χ2v) is 22.2. The normalized spacial score (nSPS) is 14.7. The van der Waals surface area contributed by atoms with Crippen LogP contribution in [0.15, 0.2) is 103 Å². The molecule has 0 amide bonds. The minimum atomic E-state index is -2.71. The molecule has 2 unspecified atom stereocenters. The standard InChI is InChI=1S/C23H29.C17H18.C5H5.2ClH.Zr/c1-14-9-16-11-17-10-15(2)21(23(6,7)8)13-19(17)18(16)12-20(14)22(3,4)5;1-14(16-9-5-3-6-10-16)13-15(2)17-11-7-4-8-12-17;1-2-4-5-3-1;;;/h9,12-13H,11H2,1-8H3;3-12,14-15H,1-2H3;1-5H;2*1H;/q;;;;;+2/p-2. The van der Waals surface area contributed by atoms with E-state index in [2.05, 4.69) is 172 Å². The van der Waals surface area contributed by atoms with Gasteiger partial charge in [-0.3, -0.25) is 0 Å². The summed E-state index contributed by atoms with van der Waals surface area (Å²) in [5.74, 6) is 0.750. The molecule has 0 nitrogen and oxygen atoms in total. The second kappa shape index (κ2) is 14.9. The third-order valence-electron chi connectivity index (χ3n) is 10.6. The average molecular weight is 755 g/mol. The predicted molar refractivity (Wildman–Crippen MR) is 198 cm³/mol. The Hall–Kier alpha value is -2.31. The first kappa shape index (κ1) is 38.5. The van der Waals surface area contributed by atoms with Crippen molar-refractivity contribution in [3.8, 4) is 11.1 Å². The molecule has 6 rings (SSSR count). The van der Waals surface area contributed by atoms with E-state index in [-0.39, 0.29) is 35.6 Å². The Bertz CT molecular complexity index is 1810. The molecule has 0 aromatic heterocycles. The molecule has 0 heterocycles. The van der Waals surface area contributed by atoms with Crippen LogP contribution in [0.5, 0.6) is 0 Å². The molecule has 0 fully saturated rings. The molecule has 0 bridgehead atoms. The fraction of sp³-hybridized carbons (Fsp3) is 0.356. The van der Waals surface area contributed by atoms with Crippen LogP contribution < -0.4 is 28.1 Å². The fourth-order valence-electron chi connectivity index (χ4n) is 8.38. The van der Waals surface area contributed by atoms with Gasteiger partial charge >= 0.3 is 288 Å². The molecule has 2 aliphatic rings. The molecule has 3 heteroatoms. The van der Waals surface area contributed by atoms with Crippen LogP contribution in [0.1, 0.15) is 112 Å². The van der Waals surface area contributed by atoms with Crippen molar-refractivity contribution in [2.24, 2.45) is 0 Å². The SMILES string of the molecule is Cc1cc2c(cc1C(C)(C)C)-c1cc(C(C)(C)C)c(C)[c]([Zr+2](=[C](C(C)c3ccccc3)C(C)c3ccccc3)[CH]3C=CC=C3)c1C2.[Cl-].[Cl-]. The second-order valence-electron chi connectivity index (χ2n) is 15.9. The van der Waals surface area contributed by atoms with E-state index in [9.17, 15) is 0 Å². The maximum absolute atomic E-state index is 2.71. The van der Waals surface area contributed by atoms with Gasteiger partial charge in [-0.15, -0.1) is 0 Å². The van der Waals surface area contributed by atoms with Crippen molar-refractivity contribution in [1.82, 2.24) is 0 Å². The Balaban J connectivity index is 0.00000260. The monoisotopic (exact) mass is 752 g/mol. The van der Waals surface area contributed by atoms with Crippen molar-refractivity contribution >= 4 is 6.48 Å². The van der Waals surface area contributed by atoms with Gasteiger partial charge in [0, 0.05) is 0 Å². The van der Waals surface area contributed by atoms with Crippen LogP contribution in [0.4, 0.5) is 0 Å². The molecule has 2 aliphatic carbocycles. The van der Waals surface area contributed by atoms with Crippen molar-refractivity contribution in [3.63, 3.8) is 0 Å². The van der Waals surface area contributed by atoms with E-state index in [4.69, 9.17) is 0 Å². The Morgan fingerprint density at radius 1 is 0.667 bits per heavy atom. The van der Waals surface area contributed by atoms with Gasteiger partial charge in [0.1, 0.15) is 0 Å². The van der Waals surface area contributed by atoms with Crippen molar-refractivity contribution in [1.29, 1.82) is 0 Å². The molecule has 4 aromatic carbocycles. The summed E-state index contributed by atoms with van der Waals surface area (Å²) in [6.07, 6.45) is 10.8. The molecule has 0 spiro atoms. The Morgan fingerprint density at radius 3 is 1.62 bits per heavy atom. The van der Waals surface area contributed by atoms with Gasteiger partial charge in [-0.05, 0) is 0 Å². The van der Waals surface area contributed by atoms with Crippen molar-refractivity contribution in [3.05, 3.63) is 148 Å². The molecule has 0 radical (unpaired) electrons. The van der Waals surface area contributed by atoms with E-state index in [0.29, 0.717) is 15.5 Å². The number of rotatable bonds is 6. The molecular weight excluding hydrogens is 703 g/mol. The van der Waals surface area contributed by atoms with Gasteiger partial charge in [-0.1, -0.05) is 0 Å². The number of halogens is 2. The summed E-state index contributed by atoms with van der Waals surface area (Å²) in [5, 5.41) is 0. The Labute approximate surface area is 311 Å². The predicted octanol–water partition coefficient (Wildman–Crippen LogP) is 5.42. The maximum Gasteiger partial charge on any atom is -1.00 e. The van der Waals surface area contributed by atoms with Gasteiger partial charge in [0.2, 0.25) is 0 Å². The molecule has 2 atom stereocenters. The molecular formula is C45H52Cl2Zr. The molecule has 0 saturated carbocycles. The van der Waals surface area contributed by atoms with E-state index >= 15 is 0 Å². The molecule has 48 heavy (non-hydrogen) atoms. The summed E-state index contributed by atoms with van der Waals surface area (Å²) in [7, 11) is 0. The third kappa shape index (κ3) is 7.27. The van der Waals surface area contributed by atoms with E-state index < -0.39 is 21.3 Å². The summed E-state index contributed by atoms with van der Waals surface area (Å²) in [5.41, 5.74) is 15.2. The van der Waals surface area contributed by atoms with Crippen LogP contribution in [0, 0.1) is 13.8 Å². The minimum absolute atomic E-state index is 0. The van der Waals surface area contributed by atoms with Crippen LogP contribution in [-0.2, 0) is 38.5 Å². The third-order valence-corrected chi connectivity index (χ3v) is 19.8. The van der Waals surface area contributed by atoms with Crippen molar-refractivity contribution in [2.45, 2.75) is 102 Å². The minimum Gasteiger partial charge on any atom is -1.00 e. The smallest absolute Gasteiger partial charge is 1.00 e. The first-order valence-electron chi connectivity index (χ1n) is 17.3. The summed E-state index contributed by atoms with van der Waals surface area (Å²) in [6.45, 7) is 24.1. The number of hydrogen-bond acceptors (Lipinski definition) is 0. The molecule has 0 N–H and O–H groups in total. The van der Waals surface area contributed by atoms with E-state index in [1.165, 1.54) is 44.5 Å². The fourth-order valence-corrected chi connectivity index (χ4v) is 18.1. The van der Waals surface area contributed by atoms with Crippen molar-refractivity contribution in [2.75, 3.05) is 0 Å². The van der Waals surface area contributed by atoms with E-state index in [1.807, 2.05) is 0 Å². The van der Waals surface area contributed by atoms with Gasteiger partial charge in [0.25, 0.3) is 0 Å². The summed E-state index contributed by atoms with van der Waals surface area (Å²) >= 11 is -2.71. The first-order valence-corrected chi connectivity index (χ1v) is 21.2. The van der Waals surface area contributed by atoms with E-state index in [1.54, 1.807) is 17.6 Å². The van der Waals surface area contributed by atoms with Crippen LogP contribution >= 0.6 is 0 Å². The zero-order valence-corrected chi connectivity index (χ0v) is 34.5. The quantitative estimate of drug-likeness (QED) is 0.218. The Morgan fingerprint density at radius 2 is 1.15 bits per heavy atom. The number of aryl methyl sites for hydroxylation is 1. The maximum atomic E-state index is 2.60. The molecule has 0 saturated heterocycles. The number of fused-ring (bicyclic) bond motifs is 3. The van der Waals surface area contributed by atoms with E-state index in [0.717, 1.165) is 6.42 Å². The van der Waals surface area contributed by atoms with Crippen LogP contribution in [0.3, 0.4) is 0 Å². The van der Waals surface area contributed by atoms with Gasteiger partial charge < -0.3 is 24.8 Å². The van der Waals surface area contributed by atoms with Crippen molar-refractivity contribution < 1.29 is 46.1 Å². The zero-order chi connectivity index (χ0) is 33.0. The van der Waals surface area contributed by atoms with Gasteiger partial charge in [-0.25, -0.2) is 0 Å². The summed E-state index contributed by atoms with van der Waals surface area (Å²) in [6, 6.07) is 30.3. The zero-order valence-electron chi connectivity index (χ0n) is 30.5. The average Bonchev–Trinajstić information content (AvgIpc) is 3.67. The van der Waals surface area contributed by atoms with Gasteiger partial charge in [0.05, 0.1) is 0 Å². The topological polar surface area (TPSA) is 0 Å². The Kier molecular flexibility index (Phi) is 11.9. The van der Waals surface area contributed by atoms with Gasteiger partial charge in [0.15, 0.2) is 0 Å². The first-order chi connectivity index (χ1) is 21.8. The molecule has 4 aromatic rings. The van der Waals surface area contributed by atoms with Crippen LogP contribution in [0.25, 0.3) is 11.1 Å². The van der Waals surface area contributed by atoms with Crippen LogP contribution in [0.2, 0.25) is 3.63 Å². The number of hydrogen-bond donors (Lipinski definition) is 0. The largest absolute Gasteiger partial charge is 1.00 e. The summed E-state index contributed by atoms with van der Waals surface area (Å²) in [4.78, 5) is 0. The van der Waals surface area contributed by atoms with Gasteiger partial charge in [-0.2, -0.15) is 0 Å². The molecule has 250 valence electrons. The van der Waals surface area contributed by atoms with Crippen LogP contribution in [-0.4, -0.2) is 3.21 Å². The molecule has 0 aliphatic heterocycles.